The Balaban J connectivity index is 2.15. The van der Waals surface area contributed by atoms with E-state index in [4.69, 9.17) is 0 Å². The average Bonchev–Trinajstić information content (AvgIpc) is 2.63. The first-order chi connectivity index (χ1) is 6.68. The van der Waals surface area contributed by atoms with Crippen LogP contribution >= 0.6 is 0 Å². The summed E-state index contributed by atoms with van der Waals surface area (Å²) in [6.45, 7) is 4.89. The Labute approximate surface area is 83.3 Å². The van der Waals surface area contributed by atoms with Crippen LogP contribution in [-0.2, 0) is 11.3 Å². The molecular formula is C9H16N4O. The molecule has 0 spiro atoms. The molecule has 78 valence electrons. The number of hydrogen-bond donors (Lipinski definition) is 3. The molecule has 0 aliphatic carbocycles. The van der Waals surface area contributed by atoms with E-state index in [-0.39, 0.29) is 5.91 Å². The van der Waals surface area contributed by atoms with Crippen LogP contribution in [0.25, 0.3) is 0 Å². The minimum absolute atomic E-state index is 0.0000926. The van der Waals surface area contributed by atoms with Gasteiger partial charge >= 0.3 is 0 Å². The lowest BCUT2D eigenvalue weighted by atomic mass is 10.3. The first-order valence-corrected chi connectivity index (χ1v) is 4.66. The summed E-state index contributed by atoms with van der Waals surface area (Å²) >= 11 is 0. The Morgan fingerprint density at radius 2 is 2.43 bits per heavy atom. The Morgan fingerprint density at radius 3 is 3.00 bits per heavy atom. The zero-order valence-corrected chi connectivity index (χ0v) is 8.50. The molecule has 0 aliphatic heterocycles. The quantitative estimate of drug-likeness (QED) is 0.622. The second-order valence-electron chi connectivity index (χ2n) is 3.42. The molecule has 1 rings (SSSR count). The molecule has 0 fully saturated rings. The van der Waals surface area contributed by atoms with Crippen molar-refractivity contribution in [2.45, 2.75) is 26.4 Å². The molecule has 0 bridgehead atoms. The van der Waals surface area contributed by atoms with E-state index in [0.29, 0.717) is 19.1 Å². The summed E-state index contributed by atoms with van der Waals surface area (Å²) in [6.07, 6.45) is 3.45. The van der Waals surface area contributed by atoms with Crippen molar-refractivity contribution in [3.05, 3.63) is 18.0 Å². The highest BCUT2D eigenvalue weighted by molar-refractivity contribution is 5.77. The number of carbonyl (C=O) groups excluding carboxylic acids is 1. The number of amides is 1. The van der Waals surface area contributed by atoms with Crippen LogP contribution in [0.4, 0.5) is 0 Å². The lowest BCUT2D eigenvalue weighted by Crippen LogP contribution is -2.36. The highest BCUT2D eigenvalue weighted by Gasteiger charge is 2.01. The van der Waals surface area contributed by atoms with Crippen molar-refractivity contribution < 1.29 is 4.79 Å². The number of H-pyrrole nitrogens is 1. The van der Waals surface area contributed by atoms with Gasteiger partial charge in [0.05, 0.1) is 12.7 Å². The summed E-state index contributed by atoms with van der Waals surface area (Å²) in [5, 5.41) is 12.3. The second-order valence-corrected chi connectivity index (χ2v) is 3.42. The van der Waals surface area contributed by atoms with Crippen molar-refractivity contribution in [1.29, 1.82) is 0 Å². The minimum atomic E-state index is -0.0000926. The van der Waals surface area contributed by atoms with Crippen LogP contribution in [0.2, 0.25) is 0 Å². The topological polar surface area (TPSA) is 69.8 Å². The van der Waals surface area contributed by atoms with Gasteiger partial charge in [0.1, 0.15) is 0 Å². The second kappa shape index (κ2) is 5.39. The Morgan fingerprint density at radius 1 is 1.64 bits per heavy atom. The molecule has 0 atom stereocenters. The number of rotatable bonds is 5. The third-order valence-electron chi connectivity index (χ3n) is 1.72. The summed E-state index contributed by atoms with van der Waals surface area (Å²) in [5.74, 6) is -0.0000926. The van der Waals surface area contributed by atoms with E-state index in [0.717, 1.165) is 5.56 Å². The standard InChI is InChI=1S/C9H16N4O/c1-7(2)10-6-9(14)11-3-8-4-12-13-5-8/h4-5,7,10H,3,6H2,1-2H3,(H,11,14)(H,12,13). The van der Waals surface area contributed by atoms with E-state index in [9.17, 15) is 4.79 Å². The molecule has 0 unspecified atom stereocenters. The maximum Gasteiger partial charge on any atom is 0.234 e. The van der Waals surface area contributed by atoms with Crippen molar-refractivity contribution in [1.82, 2.24) is 20.8 Å². The number of nitrogens with one attached hydrogen (secondary N) is 3. The van der Waals surface area contributed by atoms with Crippen molar-refractivity contribution in [3.63, 3.8) is 0 Å². The summed E-state index contributed by atoms with van der Waals surface area (Å²) < 4.78 is 0. The number of nitrogens with zero attached hydrogens (tertiary/aromatic N) is 1. The monoisotopic (exact) mass is 196 g/mol. The first kappa shape index (κ1) is 10.7. The molecule has 14 heavy (non-hydrogen) atoms. The van der Waals surface area contributed by atoms with Gasteiger partial charge in [-0.05, 0) is 0 Å². The zero-order valence-electron chi connectivity index (χ0n) is 8.50. The normalized spacial score (nSPS) is 10.5. The molecule has 3 N–H and O–H groups in total. The third kappa shape index (κ3) is 4.04. The molecular weight excluding hydrogens is 180 g/mol. The summed E-state index contributed by atoms with van der Waals surface area (Å²) in [4.78, 5) is 11.2. The fraction of sp³-hybridized carbons (Fsp3) is 0.556. The van der Waals surface area contributed by atoms with Gasteiger partial charge in [-0.2, -0.15) is 5.10 Å². The van der Waals surface area contributed by atoms with Crippen LogP contribution in [0.1, 0.15) is 19.4 Å². The van der Waals surface area contributed by atoms with Gasteiger partial charge in [0.25, 0.3) is 0 Å². The SMILES string of the molecule is CC(C)NCC(=O)NCc1cn[nH]c1. The van der Waals surface area contributed by atoms with Gasteiger partial charge in [0.2, 0.25) is 5.91 Å². The Bertz CT molecular complexity index is 268. The number of aromatic amines is 1. The third-order valence-corrected chi connectivity index (χ3v) is 1.72. The molecule has 1 aromatic heterocycles. The van der Waals surface area contributed by atoms with E-state index in [1.54, 1.807) is 12.4 Å². The van der Waals surface area contributed by atoms with E-state index in [2.05, 4.69) is 20.8 Å². The van der Waals surface area contributed by atoms with Gasteiger partial charge in [-0.1, -0.05) is 13.8 Å². The van der Waals surface area contributed by atoms with Crippen LogP contribution in [0.5, 0.6) is 0 Å². The van der Waals surface area contributed by atoms with E-state index < -0.39 is 0 Å². The molecule has 5 nitrogen and oxygen atoms in total. The molecule has 0 aliphatic rings. The Hall–Kier alpha value is -1.36. The number of aromatic nitrogens is 2. The van der Waals surface area contributed by atoms with Crippen LogP contribution in [-0.4, -0.2) is 28.7 Å². The number of hydrogen-bond acceptors (Lipinski definition) is 3. The molecule has 1 heterocycles. The van der Waals surface area contributed by atoms with Gasteiger partial charge < -0.3 is 10.6 Å². The molecule has 0 aromatic carbocycles. The van der Waals surface area contributed by atoms with Crippen LogP contribution in [0, 0.1) is 0 Å². The first-order valence-electron chi connectivity index (χ1n) is 4.66. The van der Waals surface area contributed by atoms with Gasteiger partial charge in [0, 0.05) is 24.3 Å². The molecule has 5 heteroatoms. The maximum atomic E-state index is 11.2. The van der Waals surface area contributed by atoms with Crippen molar-refractivity contribution in [3.8, 4) is 0 Å². The smallest absolute Gasteiger partial charge is 0.234 e. The molecule has 0 radical (unpaired) electrons. The minimum Gasteiger partial charge on any atom is -0.351 e. The molecule has 1 amide bonds. The predicted octanol–water partition coefficient (Wildman–Crippen LogP) is 0.0239. The van der Waals surface area contributed by atoms with Crippen molar-refractivity contribution >= 4 is 5.91 Å². The molecule has 0 saturated heterocycles. The molecule has 0 saturated carbocycles. The summed E-state index contributed by atoms with van der Waals surface area (Å²) in [5.41, 5.74) is 0.975. The largest absolute Gasteiger partial charge is 0.351 e. The lowest BCUT2D eigenvalue weighted by molar-refractivity contribution is -0.120. The Kier molecular flexibility index (Phi) is 4.12. The van der Waals surface area contributed by atoms with Gasteiger partial charge in [-0.3, -0.25) is 9.89 Å². The highest BCUT2D eigenvalue weighted by atomic mass is 16.1. The summed E-state index contributed by atoms with van der Waals surface area (Å²) in [7, 11) is 0. The fourth-order valence-corrected chi connectivity index (χ4v) is 0.934. The van der Waals surface area contributed by atoms with Gasteiger partial charge in [-0.25, -0.2) is 0 Å². The average molecular weight is 196 g/mol. The number of carbonyl (C=O) groups is 1. The maximum absolute atomic E-state index is 11.2. The van der Waals surface area contributed by atoms with Crippen molar-refractivity contribution in [2.24, 2.45) is 0 Å². The zero-order chi connectivity index (χ0) is 10.4. The van der Waals surface area contributed by atoms with Gasteiger partial charge in [0.15, 0.2) is 0 Å². The predicted molar refractivity (Wildman–Crippen MR) is 53.6 cm³/mol. The van der Waals surface area contributed by atoms with Crippen LogP contribution < -0.4 is 10.6 Å². The summed E-state index contributed by atoms with van der Waals surface area (Å²) in [6, 6.07) is 0.328. The lowest BCUT2D eigenvalue weighted by Gasteiger charge is -2.07. The molecule has 1 aromatic rings. The van der Waals surface area contributed by atoms with E-state index in [1.165, 1.54) is 0 Å². The van der Waals surface area contributed by atoms with E-state index >= 15 is 0 Å². The fourth-order valence-electron chi connectivity index (χ4n) is 0.934. The van der Waals surface area contributed by atoms with E-state index in [1.807, 2.05) is 13.8 Å². The van der Waals surface area contributed by atoms with Crippen LogP contribution in [0.3, 0.4) is 0 Å². The van der Waals surface area contributed by atoms with Crippen molar-refractivity contribution in [2.75, 3.05) is 6.54 Å². The van der Waals surface area contributed by atoms with Crippen LogP contribution in [0.15, 0.2) is 12.4 Å². The highest BCUT2D eigenvalue weighted by Crippen LogP contribution is 1.91. The van der Waals surface area contributed by atoms with Gasteiger partial charge in [-0.15, -0.1) is 0 Å².